The molecule has 134 valence electrons. The maximum Gasteiger partial charge on any atom is 0.410 e. The highest BCUT2D eigenvalue weighted by Crippen LogP contribution is 2.24. The fourth-order valence-corrected chi connectivity index (χ4v) is 2.74. The zero-order chi connectivity index (χ0) is 18.6. The first-order valence-electron chi connectivity index (χ1n) is 8.72. The number of benzene rings is 2. The van der Waals surface area contributed by atoms with Crippen molar-refractivity contribution in [3.05, 3.63) is 59.7 Å². The lowest BCUT2D eigenvalue weighted by molar-refractivity contribution is 0.0236. The monoisotopic (exact) mass is 349 g/mol. The first-order valence-corrected chi connectivity index (χ1v) is 8.72. The van der Waals surface area contributed by atoms with E-state index in [4.69, 9.17) is 4.74 Å². The maximum absolute atomic E-state index is 12.7. The third kappa shape index (κ3) is 4.58. The molecule has 0 aromatic heterocycles. The van der Waals surface area contributed by atoms with Gasteiger partial charge in [-0.25, -0.2) is 4.79 Å². The van der Waals surface area contributed by atoms with Gasteiger partial charge in [-0.15, -0.1) is 0 Å². The third-order valence-electron chi connectivity index (χ3n) is 3.99. The molecular weight excluding hydrogens is 326 g/mol. The average molecular weight is 349 g/mol. The number of aliphatic imine (C=N–C) groups is 2. The minimum atomic E-state index is -0.540. The van der Waals surface area contributed by atoms with Gasteiger partial charge in [-0.1, -0.05) is 36.4 Å². The van der Waals surface area contributed by atoms with Crippen LogP contribution in [0, 0.1) is 0 Å². The summed E-state index contributed by atoms with van der Waals surface area (Å²) in [4.78, 5) is 23.2. The molecule has 26 heavy (non-hydrogen) atoms. The average Bonchev–Trinajstić information content (AvgIpc) is 2.62. The number of hydrogen-bond acceptors (Lipinski definition) is 4. The van der Waals surface area contributed by atoms with Crippen molar-refractivity contribution in [3.8, 4) is 0 Å². The van der Waals surface area contributed by atoms with Crippen LogP contribution in [0.5, 0.6) is 0 Å². The lowest BCUT2D eigenvalue weighted by atomic mass is 10.1. The number of fused-ring (bicyclic) bond motifs is 2. The quantitative estimate of drug-likeness (QED) is 0.663. The van der Waals surface area contributed by atoms with E-state index >= 15 is 0 Å². The molecule has 0 saturated heterocycles. The number of carbonyl (C=O) groups excluding carboxylic acids is 1. The van der Waals surface area contributed by atoms with Crippen LogP contribution in [0.25, 0.3) is 0 Å². The minimum Gasteiger partial charge on any atom is -0.444 e. The number of carbonyl (C=O) groups is 1. The molecule has 0 spiro atoms. The van der Waals surface area contributed by atoms with Gasteiger partial charge in [-0.05, 0) is 50.5 Å². The predicted octanol–water partition coefficient (Wildman–Crippen LogP) is 5.12. The van der Waals surface area contributed by atoms with Gasteiger partial charge in [0.2, 0.25) is 0 Å². The van der Waals surface area contributed by atoms with Gasteiger partial charge in [0.25, 0.3) is 0 Å². The van der Waals surface area contributed by atoms with Gasteiger partial charge in [0.15, 0.2) is 0 Å². The van der Waals surface area contributed by atoms with Crippen molar-refractivity contribution in [1.29, 1.82) is 0 Å². The van der Waals surface area contributed by atoms with E-state index in [0.717, 1.165) is 22.5 Å². The number of para-hydroxylation sites is 2. The molecule has 0 bridgehead atoms. The van der Waals surface area contributed by atoms with Gasteiger partial charge in [-0.3, -0.25) is 0 Å². The van der Waals surface area contributed by atoms with Crippen molar-refractivity contribution in [2.75, 3.05) is 6.54 Å². The van der Waals surface area contributed by atoms with E-state index in [1.165, 1.54) is 0 Å². The second-order valence-corrected chi connectivity index (χ2v) is 7.23. The van der Waals surface area contributed by atoms with Crippen LogP contribution >= 0.6 is 0 Å². The normalized spacial score (nSPS) is 14.2. The highest BCUT2D eigenvalue weighted by atomic mass is 16.6. The summed E-state index contributed by atoms with van der Waals surface area (Å²) in [6, 6.07) is 18.3. The Balaban J connectivity index is 1.99. The van der Waals surface area contributed by atoms with Crippen LogP contribution in [0.3, 0.4) is 0 Å². The molecule has 0 aliphatic carbocycles. The molecule has 2 aromatic carbocycles. The topological polar surface area (TPSA) is 54.3 Å². The minimum absolute atomic E-state index is 0.325. The van der Waals surface area contributed by atoms with E-state index in [2.05, 4.69) is 16.0 Å². The molecule has 0 atom stereocenters. The molecule has 3 rings (SSSR count). The van der Waals surface area contributed by atoms with Crippen molar-refractivity contribution < 1.29 is 9.53 Å². The smallest absolute Gasteiger partial charge is 0.410 e. The second-order valence-electron chi connectivity index (χ2n) is 7.23. The Morgan fingerprint density at radius 3 is 2.23 bits per heavy atom. The Hall–Kier alpha value is -2.91. The van der Waals surface area contributed by atoms with Crippen LogP contribution in [-0.4, -0.2) is 29.1 Å². The highest BCUT2D eigenvalue weighted by Gasteiger charge is 2.23. The van der Waals surface area contributed by atoms with Gasteiger partial charge in [0.05, 0.1) is 17.9 Å². The number of nitrogens with zero attached hydrogens (tertiary/aromatic N) is 3. The maximum atomic E-state index is 12.7. The molecule has 1 heterocycles. The van der Waals surface area contributed by atoms with Crippen molar-refractivity contribution in [2.45, 2.75) is 39.3 Å². The third-order valence-corrected chi connectivity index (χ3v) is 3.99. The molecule has 1 aliphatic heterocycles. The number of ether oxygens (including phenoxy) is 1. The van der Waals surface area contributed by atoms with Crippen molar-refractivity contribution in [1.82, 2.24) is 4.90 Å². The molecule has 1 amide bonds. The number of amides is 1. The standard InChI is InChI=1S/C21H23N3O2/c1-21(2,3)26-20(25)24-13-12-16-8-4-6-10-18(16)22-15-23-19-11-7-5-9-17(19)14-24/h4-11H,12-14H2,1-3H3. The molecule has 1 aliphatic rings. The van der Waals surface area contributed by atoms with Gasteiger partial charge in [0, 0.05) is 6.54 Å². The van der Waals surface area contributed by atoms with E-state index < -0.39 is 5.60 Å². The van der Waals surface area contributed by atoms with Gasteiger partial charge in [-0.2, -0.15) is 9.98 Å². The summed E-state index contributed by atoms with van der Waals surface area (Å²) in [5.74, 6) is 0. The first kappa shape index (κ1) is 17.9. The van der Waals surface area contributed by atoms with E-state index in [0.29, 0.717) is 19.5 Å². The Labute approximate surface area is 154 Å². The summed E-state index contributed by atoms with van der Waals surface area (Å²) in [6.07, 6.45) is 0.358. The zero-order valence-electron chi connectivity index (χ0n) is 15.4. The summed E-state index contributed by atoms with van der Waals surface area (Å²) in [6.45, 7) is 6.59. The van der Waals surface area contributed by atoms with Crippen molar-refractivity contribution in [3.63, 3.8) is 0 Å². The molecule has 5 nitrogen and oxygen atoms in total. The molecule has 0 saturated carbocycles. The molecular formula is C21H23N3O2. The summed E-state index contributed by atoms with van der Waals surface area (Å²) in [7, 11) is 0. The lowest BCUT2D eigenvalue weighted by Crippen LogP contribution is -2.37. The van der Waals surface area contributed by atoms with Crippen LogP contribution < -0.4 is 0 Å². The zero-order valence-corrected chi connectivity index (χ0v) is 15.4. The Morgan fingerprint density at radius 1 is 1.00 bits per heavy atom. The van der Waals surface area contributed by atoms with E-state index in [1.54, 1.807) is 4.90 Å². The van der Waals surface area contributed by atoms with Gasteiger partial charge in [0.1, 0.15) is 11.6 Å². The molecule has 2 aromatic rings. The van der Waals surface area contributed by atoms with Crippen LogP contribution in [0.1, 0.15) is 31.9 Å². The Kier molecular flexibility index (Phi) is 5.19. The second kappa shape index (κ2) is 7.54. The molecule has 0 N–H and O–H groups in total. The molecule has 0 unspecified atom stereocenters. The van der Waals surface area contributed by atoms with E-state index in [1.807, 2.05) is 69.3 Å². The van der Waals surface area contributed by atoms with Gasteiger partial charge < -0.3 is 9.64 Å². The van der Waals surface area contributed by atoms with Crippen molar-refractivity contribution in [2.24, 2.45) is 9.98 Å². The number of rotatable bonds is 0. The van der Waals surface area contributed by atoms with Crippen molar-refractivity contribution >= 4 is 23.5 Å². The first-order chi connectivity index (χ1) is 12.4. The SMILES string of the molecule is CC(C)(C)OC(=O)N1CCc2ccccc2N=C=Nc2ccccc2C1. The fourth-order valence-electron chi connectivity index (χ4n) is 2.74. The van der Waals surface area contributed by atoms with E-state index in [9.17, 15) is 4.79 Å². The van der Waals surface area contributed by atoms with Crippen LogP contribution in [0.4, 0.5) is 16.2 Å². The summed E-state index contributed by atoms with van der Waals surface area (Å²) >= 11 is 0. The molecule has 5 heteroatoms. The number of hydrogen-bond donors (Lipinski definition) is 0. The lowest BCUT2D eigenvalue weighted by Gasteiger charge is -2.28. The fraction of sp³-hybridized carbons (Fsp3) is 0.333. The predicted molar refractivity (Wildman–Crippen MR) is 102 cm³/mol. The summed E-state index contributed by atoms with van der Waals surface area (Å²) in [5, 5.41) is 0. The van der Waals surface area contributed by atoms with E-state index in [-0.39, 0.29) is 6.09 Å². The highest BCUT2D eigenvalue weighted by molar-refractivity contribution is 5.69. The van der Waals surface area contributed by atoms with Crippen LogP contribution in [0.15, 0.2) is 58.5 Å². The molecule has 0 fully saturated rings. The molecule has 0 radical (unpaired) electrons. The summed E-state index contributed by atoms with van der Waals surface area (Å²) in [5.41, 5.74) is 3.02. The van der Waals surface area contributed by atoms with Crippen LogP contribution in [0.2, 0.25) is 0 Å². The Morgan fingerprint density at radius 2 is 1.58 bits per heavy atom. The Bertz CT molecular complexity index is 862. The van der Waals surface area contributed by atoms with Crippen LogP contribution in [-0.2, 0) is 17.7 Å². The summed E-state index contributed by atoms with van der Waals surface area (Å²) < 4.78 is 5.60. The van der Waals surface area contributed by atoms with Gasteiger partial charge >= 0.3 is 6.09 Å². The largest absolute Gasteiger partial charge is 0.444 e.